The molecule has 3 rings (SSSR count). The number of alkyl halides is 3. The molecule has 24 heavy (non-hydrogen) atoms. The van der Waals surface area contributed by atoms with Crippen LogP contribution in [0.1, 0.15) is 24.0 Å². The molecule has 0 saturated carbocycles. The Morgan fingerprint density at radius 3 is 2.50 bits per heavy atom. The van der Waals surface area contributed by atoms with Gasteiger partial charge in [0.1, 0.15) is 12.3 Å². The van der Waals surface area contributed by atoms with Crippen molar-refractivity contribution in [2.45, 2.75) is 31.2 Å². The Morgan fingerprint density at radius 2 is 1.92 bits per heavy atom. The minimum Gasteiger partial charge on any atom is -0.346 e. The zero-order valence-electron chi connectivity index (χ0n) is 12.9. The third-order valence-corrected chi connectivity index (χ3v) is 4.44. The van der Waals surface area contributed by atoms with Crippen molar-refractivity contribution in [2.75, 3.05) is 19.7 Å². The molecule has 2 aliphatic rings. The van der Waals surface area contributed by atoms with E-state index in [-0.39, 0.29) is 30.4 Å². The maximum Gasteiger partial charge on any atom is 0.416 e. The largest absolute Gasteiger partial charge is 0.416 e. The molecule has 1 spiro atoms. The van der Waals surface area contributed by atoms with E-state index in [1.165, 1.54) is 23.1 Å². The molecule has 0 bridgehead atoms. The van der Waals surface area contributed by atoms with E-state index in [9.17, 15) is 22.8 Å². The Labute approximate surface area is 136 Å². The molecule has 0 aromatic heterocycles. The number of ether oxygens (including phenoxy) is 1. The van der Waals surface area contributed by atoms with Crippen molar-refractivity contribution < 1.29 is 27.5 Å². The summed E-state index contributed by atoms with van der Waals surface area (Å²) in [5, 5.41) is 2.76. The number of nitrogens with one attached hydrogen (secondary N) is 1. The summed E-state index contributed by atoms with van der Waals surface area (Å²) in [4.78, 5) is 25.1. The number of piperidine rings is 1. The lowest BCUT2D eigenvalue weighted by Gasteiger charge is -2.38. The first-order valence-corrected chi connectivity index (χ1v) is 7.67. The number of carbonyl (C=O) groups is 2. The van der Waals surface area contributed by atoms with Gasteiger partial charge in [-0.05, 0) is 11.6 Å². The lowest BCUT2D eigenvalue weighted by Crippen LogP contribution is -2.53. The quantitative estimate of drug-likeness (QED) is 0.890. The van der Waals surface area contributed by atoms with Crippen molar-refractivity contribution in [3.63, 3.8) is 0 Å². The summed E-state index contributed by atoms with van der Waals surface area (Å²) in [6, 6.07) is 5.11. The molecule has 130 valence electrons. The summed E-state index contributed by atoms with van der Waals surface area (Å²) in [5.41, 5.74) is -1.53. The van der Waals surface area contributed by atoms with Gasteiger partial charge in [0.15, 0.2) is 0 Å². The molecule has 8 heteroatoms. The Balaban J connectivity index is 1.64. The Kier molecular flexibility index (Phi) is 4.25. The number of hydrogen-bond acceptors (Lipinski definition) is 3. The summed E-state index contributed by atoms with van der Waals surface area (Å²) in [5.74, 6) is -0.542. The fourth-order valence-corrected chi connectivity index (χ4v) is 3.14. The van der Waals surface area contributed by atoms with Gasteiger partial charge >= 0.3 is 6.18 Å². The first-order chi connectivity index (χ1) is 11.3. The first-order valence-electron chi connectivity index (χ1n) is 7.67. The van der Waals surface area contributed by atoms with Gasteiger partial charge in [-0.15, -0.1) is 0 Å². The van der Waals surface area contributed by atoms with Crippen molar-refractivity contribution in [2.24, 2.45) is 0 Å². The van der Waals surface area contributed by atoms with Crippen LogP contribution in [0.4, 0.5) is 13.2 Å². The lowest BCUT2D eigenvalue weighted by molar-refractivity contribution is -0.139. The second-order valence-corrected chi connectivity index (χ2v) is 6.04. The monoisotopic (exact) mass is 342 g/mol. The Morgan fingerprint density at radius 1 is 1.25 bits per heavy atom. The predicted molar refractivity (Wildman–Crippen MR) is 77.8 cm³/mol. The maximum absolute atomic E-state index is 13.0. The third-order valence-electron chi connectivity index (χ3n) is 4.44. The van der Waals surface area contributed by atoms with Crippen LogP contribution in [-0.2, 0) is 26.9 Å². The summed E-state index contributed by atoms with van der Waals surface area (Å²) >= 11 is 0. The highest BCUT2D eigenvalue weighted by Gasteiger charge is 2.42. The Hall–Kier alpha value is -2.09. The summed E-state index contributed by atoms with van der Waals surface area (Å²) in [6.07, 6.45) is -3.91. The van der Waals surface area contributed by atoms with Gasteiger partial charge in [0, 0.05) is 25.9 Å². The minimum absolute atomic E-state index is 0.00685. The molecule has 5 nitrogen and oxygen atoms in total. The van der Waals surface area contributed by atoms with Crippen LogP contribution in [-0.4, -0.2) is 42.1 Å². The smallest absolute Gasteiger partial charge is 0.346 e. The summed E-state index contributed by atoms with van der Waals surface area (Å²) in [7, 11) is 0. The molecule has 2 saturated heterocycles. The van der Waals surface area contributed by atoms with E-state index in [0.29, 0.717) is 25.9 Å². The molecule has 2 heterocycles. The lowest BCUT2D eigenvalue weighted by atomic mass is 9.99. The normalized spacial score (nSPS) is 20.3. The average Bonchev–Trinajstić information content (AvgIpc) is 2.88. The molecule has 0 unspecified atom stereocenters. The highest BCUT2D eigenvalue weighted by molar-refractivity contribution is 5.80. The number of nitrogens with zero attached hydrogens (tertiary/aromatic N) is 1. The number of hydrogen-bond donors (Lipinski definition) is 1. The van der Waals surface area contributed by atoms with Crippen LogP contribution in [0.15, 0.2) is 24.3 Å². The van der Waals surface area contributed by atoms with Crippen molar-refractivity contribution in [3.05, 3.63) is 35.4 Å². The molecule has 2 aliphatic heterocycles. The standard InChI is InChI=1S/C16H17F3N2O3/c17-16(18,19)12-4-2-1-3-11(12)9-14(23)21-7-5-15(6-8-21)20-13(22)10-24-15/h1-4H,5-10H2,(H,20,22). The van der Waals surface area contributed by atoms with Gasteiger partial charge < -0.3 is 15.0 Å². The second kappa shape index (κ2) is 6.08. The third kappa shape index (κ3) is 3.38. The number of carbonyl (C=O) groups excluding carboxylic acids is 2. The molecule has 2 amide bonds. The number of amides is 2. The van der Waals surface area contributed by atoms with Crippen LogP contribution in [0.25, 0.3) is 0 Å². The van der Waals surface area contributed by atoms with Gasteiger partial charge in [0.2, 0.25) is 11.8 Å². The second-order valence-electron chi connectivity index (χ2n) is 6.04. The fourth-order valence-electron chi connectivity index (χ4n) is 3.14. The van der Waals surface area contributed by atoms with E-state index in [0.717, 1.165) is 6.07 Å². The van der Waals surface area contributed by atoms with Crippen LogP contribution in [0.3, 0.4) is 0 Å². The van der Waals surface area contributed by atoms with E-state index < -0.39 is 17.5 Å². The molecule has 1 N–H and O–H groups in total. The molecular formula is C16H17F3N2O3. The fraction of sp³-hybridized carbons (Fsp3) is 0.500. The number of benzene rings is 1. The van der Waals surface area contributed by atoms with Crippen molar-refractivity contribution in [1.29, 1.82) is 0 Å². The van der Waals surface area contributed by atoms with Crippen LogP contribution < -0.4 is 5.32 Å². The van der Waals surface area contributed by atoms with Crippen LogP contribution >= 0.6 is 0 Å². The topological polar surface area (TPSA) is 58.6 Å². The van der Waals surface area contributed by atoms with E-state index in [4.69, 9.17) is 4.74 Å². The number of rotatable bonds is 2. The molecule has 0 atom stereocenters. The molecule has 0 aliphatic carbocycles. The number of halogens is 3. The average molecular weight is 342 g/mol. The van der Waals surface area contributed by atoms with Gasteiger partial charge in [-0.2, -0.15) is 13.2 Å². The SMILES string of the molecule is O=C1COC2(CCN(C(=O)Cc3ccccc3C(F)(F)F)CC2)N1. The highest BCUT2D eigenvalue weighted by atomic mass is 19.4. The highest BCUT2D eigenvalue weighted by Crippen LogP contribution is 2.32. The van der Waals surface area contributed by atoms with E-state index in [2.05, 4.69) is 5.32 Å². The summed E-state index contributed by atoms with van der Waals surface area (Å²) < 4.78 is 44.4. The van der Waals surface area contributed by atoms with Crippen LogP contribution in [0, 0.1) is 0 Å². The molecule has 1 aromatic carbocycles. The first kappa shape index (κ1) is 16.8. The van der Waals surface area contributed by atoms with E-state index >= 15 is 0 Å². The molecule has 2 fully saturated rings. The summed E-state index contributed by atoms with van der Waals surface area (Å²) in [6.45, 7) is 0.688. The molecular weight excluding hydrogens is 325 g/mol. The van der Waals surface area contributed by atoms with Gasteiger partial charge in [0.05, 0.1) is 12.0 Å². The van der Waals surface area contributed by atoms with Crippen molar-refractivity contribution in [3.8, 4) is 0 Å². The zero-order chi connectivity index (χ0) is 17.4. The molecule has 0 radical (unpaired) electrons. The Bertz CT molecular complexity index is 652. The zero-order valence-corrected chi connectivity index (χ0v) is 12.9. The van der Waals surface area contributed by atoms with Crippen LogP contribution in [0.2, 0.25) is 0 Å². The van der Waals surface area contributed by atoms with Gasteiger partial charge in [-0.1, -0.05) is 18.2 Å². The van der Waals surface area contributed by atoms with E-state index in [1.807, 2.05) is 0 Å². The van der Waals surface area contributed by atoms with Crippen molar-refractivity contribution in [1.82, 2.24) is 10.2 Å². The van der Waals surface area contributed by atoms with E-state index in [1.54, 1.807) is 0 Å². The van der Waals surface area contributed by atoms with Gasteiger partial charge in [-0.25, -0.2) is 0 Å². The molecule has 1 aromatic rings. The maximum atomic E-state index is 13.0. The number of likely N-dealkylation sites (tertiary alicyclic amines) is 1. The van der Waals surface area contributed by atoms with Crippen molar-refractivity contribution >= 4 is 11.8 Å². The minimum atomic E-state index is -4.48. The van der Waals surface area contributed by atoms with Crippen LogP contribution in [0.5, 0.6) is 0 Å². The van der Waals surface area contributed by atoms with Gasteiger partial charge in [-0.3, -0.25) is 9.59 Å². The van der Waals surface area contributed by atoms with Gasteiger partial charge in [0.25, 0.3) is 0 Å². The predicted octanol–water partition coefficient (Wildman–Crippen LogP) is 1.71.